The molecule has 1 aliphatic heterocycles. The minimum Gasteiger partial charge on any atom is -0.361 e. The van der Waals surface area contributed by atoms with Gasteiger partial charge in [0.25, 0.3) is 0 Å². The molecule has 1 amide bonds. The summed E-state index contributed by atoms with van der Waals surface area (Å²) in [6, 6.07) is 10.2. The maximum Gasteiger partial charge on any atom is 0.232 e. The lowest BCUT2D eigenvalue weighted by molar-refractivity contribution is -0.130. The number of likely N-dealkylation sites (tertiary alicyclic amines) is 1. The van der Waals surface area contributed by atoms with E-state index in [9.17, 15) is 4.79 Å². The quantitative estimate of drug-likeness (QED) is 0.675. The predicted molar refractivity (Wildman–Crippen MR) is 102 cm³/mol. The first-order chi connectivity index (χ1) is 13.5. The van der Waals surface area contributed by atoms with Gasteiger partial charge >= 0.3 is 0 Å². The minimum absolute atomic E-state index is 0.00612. The van der Waals surface area contributed by atoms with E-state index in [1.165, 1.54) is 5.56 Å². The molecule has 4 rings (SSSR count). The molecule has 2 atom stereocenters. The minimum atomic E-state index is 0.00612. The van der Waals surface area contributed by atoms with Crippen molar-refractivity contribution in [3.63, 3.8) is 0 Å². The van der Waals surface area contributed by atoms with E-state index in [0.717, 1.165) is 17.0 Å². The molecule has 7 nitrogen and oxygen atoms in total. The largest absolute Gasteiger partial charge is 0.361 e. The monoisotopic (exact) mass is 380 g/mol. The van der Waals surface area contributed by atoms with Crippen LogP contribution in [0.4, 0.5) is 0 Å². The van der Waals surface area contributed by atoms with Gasteiger partial charge in [-0.25, -0.2) is 0 Å². The predicted octanol–water partition coefficient (Wildman–Crippen LogP) is 3.33. The van der Waals surface area contributed by atoms with Crippen LogP contribution in [-0.2, 0) is 11.2 Å². The van der Waals surface area contributed by atoms with Gasteiger partial charge in [-0.1, -0.05) is 40.6 Å². The number of carbonyl (C=O) groups excluding carboxylic acids is 1. The molecule has 0 bridgehead atoms. The Hall–Kier alpha value is -2.96. The van der Waals surface area contributed by atoms with Crippen LogP contribution in [0.15, 0.2) is 39.4 Å². The zero-order chi connectivity index (χ0) is 19.7. The third-order valence-electron chi connectivity index (χ3n) is 5.53. The third kappa shape index (κ3) is 3.56. The Kier molecular flexibility index (Phi) is 4.98. The van der Waals surface area contributed by atoms with Gasteiger partial charge in [-0.2, -0.15) is 4.98 Å². The first-order valence-corrected chi connectivity index (χ1v) is 9.57. The molecule has 1 aliphatic rings. The number of aryl methyl sites for hydroxylation is 3. The zero-order valence-electron chi connectivity index (χ0n) is 16.4. The summed E-state index contributed by atoms with van der Waals surface area (Å²) in [4.78, 5) is 19.3. The number of benzene rings is 1. The highest BCUT2D eigenvalue weighted by atomic mass is 16.5. The second-order valence-corrected chi connectivity index (χ2v) is 7.40. The molecule has 3 aromatic rings. The number of nitrogens with zero attached hydrogens (tertiary/aromatic N) is 4. The first-order valence-electron chi connectivity index (χ1n) is 9.57. The smallest absolute Gasteiger partial charge is 0.232 e. The van der Waals surface area contributed by atoms with Gasteiger partial charge < -0.3 is 13.9 Å². The van der Waals surface area contributed by atoms with Crippen LogP contribution in [0.3, 0.4) is 0 Å². The number of hydrogen-bond acceptors (Lipinski definition) is 6. The Balaban J connectivity index is 1.51. The summed E-state index contributed by atoms with van der Waals surface area (Å²) < 4.78 is 10.7. The van der Waals surface area contributed by atoms with Gasteiger partial charge in [0.2, 0.25) is 11.8 Å². The normalized spacial score (nSPS) is 19.3. The van der Waals surface area contributed by atoms with Gasteiger partial charge in [0.15, 0.2) is 5.82 Å². The highest BCUT2D eigenvalue weighted by Gasteiger charge is 2.40. The van der Waals surface area contributed by atoms with Gasteiger partial charge in [-0.15, -0.1) is 0 Å². The molecule has 1 fully saturated rings. The molecule has 2 aromatic heterocycles. The van der Waals surface area contributed by atoms with E-state index in [0.29, 0.717) is 37.6 Å². The zero-order valence-corrected chi connectivity index (χ0v) is 16.4. The number of hydrogen-bond donors (Lipinski definition) is 0. The molecule has 7 heteroatoms. The van der Waals surface area contributed by atoms with Crippen LogP contribution in [-0.4, -0.2) is 39.2 Å². The highest BCUT2D eigenvalue weighted by Crippen LogP contribution is 2.39. The standard InChI is InChI=1S/C21H24N4O3/c1-13-17(14(2)27-23-13)9-10-20(26)25-11-18(16-7-5-4-6-8-16)19(12-25)21-22-15(3)24-28-21/h4-8,18-19H,9-12H2,1-3H3/t18-,19-/m0/s1. The second kappa shape index (κ2) is 7.58. The van der Waals surface area contributed by atoms with Crippen molar-refractivity contribution in [2.24, 2.45) is 0 Å². The molecule has 1 aromatic carbocycles. The van der Waals surface area contributed by atoms with Crippen LogP contribution >= 0.6 is 0 Å². The highest BCUT2D eigenvalue weighted by molar-refractivity contribution is 5.77. The van der Waals surface area contributed by atoms with Crippen molar-refractivity contribution in [2.75, 3.05) is 13.1 Å². The van der Waals surface area contributed by atoms with Gasteiger partial charge in [0.05, 0.1) is 11.6 Å². The summed E-state index contributed by atoms with van der Waals surface area (Å²) in [6.45, 7) is 6.84. The molecular weight excluding hydrogens is 356 g/mol. The van der Waals surface area contributed by atoms with Gasteiger partial charge in [-0.05, 0) is 32.8 Å². The Bertz CT molecular complexity index is 944. The van der Waals surface area contributed by atoms with Gasteiger partial charge in [0, 0.05) is 31.0 Å². The van der Waals surface area contributed by atoms with E-state index < -0.39 is 0 Å². The van der Waals surface area contributed by atoms with E-state index >= 15 is 0 Å². The molecule has 0 unspecified atom stereocenters. The molecule has 0 aliphatic carbocycles. The Morgan fingerprint density at radius 2 is 1.82 bits per heavy atom. The van der Waals surface area contributed by atoms with Gasteiger partial charge in [0.1, 0.15) is 5.76 Å². The number of aromatic nitrogens is 3. The van der Waals surface area contributed by atoms with Crippen molar-refractivity contribution in [1.82, 2.24) is 20.2 Å². The topological polar surface area (TPSA) is 85.3 Å². The lowest BCUT2D eigenvalue weighted by Crippen LogP contribution is -2.29. The lowest BCUT2D eigenvalue weighted by Gasteiger charge is -2.16. The van der Waals surface area contributed by atoms with E-state index in [1.807, 2.05) is 43.9 Å². The Morgan fingerprint density at radius 1 is 1.07 bits per heavy atom. The molecule has 28 heavy (non-hydrogen) atoms. The summed E-state index contributed by atoms with van der Waals surface area (Å²) in [5, 5.41) is 7.91. The molecule has 3 heterocycles. The van der Waals surface area contributed by atoms with Crippen molar-refractivity contribution < 1.29 is 13.8 Å². The Morgan fingerprint density at radius 3 is 2.46 bits per heavy atom. The van der Waals surface area contributed by atoms with Crippen LogP contribution in [0.2, 0.25) is 0 Å². The van der Waals surface area contributed by atoms with Crippen LogP contribution in [0.25, 0.3) is 0 Å². The number of rotatable bonds is 5. The fraction of sp³-hybridized carbons (Fsp3) is 0.429. The molecule has 146 valence electrons. The number of amides is 1. The van der Waals surface area contributed by atoms with E-state index in [4.69, 9.17) is 9.05 Å². The van der Waals surface area contributed by atoms with E-state index in [2.05, 4.69) is 27.4 Å². The van der Waals surface area contributed by atoms with Crippen LogP contribution in [0, 0.1) is 20.8 Å². The lowest BCUT2D eigenvalue weighted by atomic mass is 9.89. The summed E-state index contributed by atoms with van der Waals surface area (Å²) in [6.07, 6.45) is 1.07. The Labute approximate surface area is 163 Å². The van der Waals surface area contributed by atoms with Crippen molar-refractivity contribution >= 4 is 5.91 Å². The van der Waals surface area contributed by atoms with Crippen LogP contribution in [0.1, 0.15) is 52.6 Å². The van der Waals surface area contributed by atoms with E-state index in [1.54, 1.807) is 0 Å². The fourth-order valence-electron chi connectivity index (χ4n) is 4.01. The van der Waals surface area contributed by atoms with Gasteiger partial charge in [-0.3, -0.25) is 4.79 Å². The summed E-state index contributed by atoms with van der Waals surface area (Å²) in [5.41, 5.74) is 3.06. The number of carbonyl (C=O) groups is 1. The van der Waals surface area contributed by atoms with E-state index in [-0.39, 0.29) is 17.7 Å². The molecular formula is C21H24N4O3. The fourth-order valence-corrected chi connectivity index (χ4v) is 4.01. The summed E-state index contributed by atoms with van der Waals surface area (Å²) in [7, 11) is 0. The maximum atomic E-state index is 12.9. The molecule has 0 saturated carbocycles. The van der Waals surface area contributed by atoms with Crippen LogP contribution < -0.4 is 0 Å². The third-order valence-corrected chi connectivity index (χ3v) is 5.53. The van der Waals surface area contributed by atoms with Crippen molar-refractivity contribution in [3.05, 3.63) is 64.6 Å². The molecule has 0 N–H and O–H groups in total. The summed E-state index contributed by atoms with van der Waals surface area (Å²) in [5.74, 6) is 2.28. The SMILES string of the molecule is Cc1noc([C@H]2CN(C(=O)CCc3c(C)noc3C)C[C@H]2c2ccccc2)n1. The molecule has 0 spiro atoms. The second-order valence-electron chi connectivity index (χ2n) is 7.40. The van der Waals surface area contributed by atoms with Crippen LogP contribution in [0.5, 0.6) is 0 Å². The van der Waals surface area contributed by atoms with Crippen molar-refractivity contribution in [3.8, 4) is 0 Å². The average molecular weight is 380 g/mol. The van der Waals surface area contributed by atoms with Crippen molar-refractivity contribution in [1.29, 1.82) is 0 Å². The molecule has 0 radical (unpaired) electrons. The summed E-state index contributed by atoms with van der Waals surface area (Å²) >= 11 is 0. The average Bonchev–Trinajstić information content (AvgIpc) is 3.40. The van der Waals surface area contributed by atoms with Crippen molar-refractivity contribution in [2.45, 2.75) is 45.4 Å². The molecule has 1 saturated heterocycles. The maximum absolute atomic E-state index is 12.9. The first kappa shape index (κ1) is 18.4.